The van der Waals surface area contributed by atoms with E-state index in [1.54, 1.807) is 21.3 Å². The van der Waals surface area contributed by atoms with Crippen LogP contribution in [-0.4, -0.2) is 70.5 Å². The zero-order chi connectivity index (χ0) is 62.2. The van der Waals surface area contributed by atoms with Gasteiger partial charge >= 0.3 is 29.6 Å². The zero-order valence-electron chi connectivity index (χ0n) is 56.6. The number of carbonyl (C=O) groups is 2. The molecule has 0 amide bonds. The number of aliphatic imine (C=N–C) groups is 2. The van der Waals surface area contributed by atoms with Crippen molar-refractivity contribution in [3.8, 4) is 0 Å². The number of carbonyl (C=O) groups excluding carboxylic acids is 2. The van der Waals surface area contributed by atoms with Gasteiger partial charge in [-0.1, -0.05) is 124 Å². The molecule has 3 radical (unpaired) electrons. The van der Waals surface area contributed by atoms with Crippen LogP contribution in [0.3, 0.4) is 0 Å². The largest absolute Gasteiger partial charge is 1.00 e. The molecule has 1 heterocycles. The quantitative estimate of drug-likeness (QED) is 0.0264. The molecule has 0 unspecified atom stereocenters. The third kappa shape index (κ3) is 22.3. The maximum absolute atomic E-state index is 8.81. The van der Waals surface area contributed by atoms with E-state index in [0.717, 1.165) is 41.5 Å². The number of aldehydes is 2. The second-order valence-electron chi connectivity index (χ2n) is 22.8. The van der Waals surface area contributed by atoms with Crippen LogP contribution in [0.2, 0.25) is 0 Å². The molecule has 0 aliphatic carbocycles. The smallest absolute Gasteiger partial charge is 1.00 e. The van der Waals surface area contributed by atoms with Crippen LogP contribution in [0.1, 0.15) is 118 Å². The Morgan fingerprint density at radius 1 is 0.453 bits per heavy atom. The number of hydrogen-bond donors (Lipinski definition) is 1. The number of aryl methyl sites for hydroxylation is 21. The van der Waals surface area contributed by atoms with Gasteiger partial charge in [0.05, 0.1) is 35.8 Å². The summed E-state index contributed by atoms with van der Waals surface area (Å²) in [6.45, 7) is 47.9. The molecule has 0 saturated heterocycles. The van der Waals surface area contributed by atoms with E-state index in [1.165, 1.54) is 128 Å². The van der Waals surface area contributed by atoms with Crippen molar-refractivity contribution in [2.75, 3.05) is 45.7 Å². The van der Waals surface area contributed by atoms with Crippen molar-refractivity contribution in [1.29, 1.82) is 0 Å². The summed E-state index contributed by atoms with van der Waals surface area (Å²) in [5, 5.41) is 0. The third-order valence-electron chi connectivity index (χ3n) is 14.5. The Hall–Kier alpha value is -5.98. The summed E-state index contributed by atoms with van der Waals surface area (Å²) in [7, 11) is 0. The van der Waals surface area contributed by atoms with E-state index in [9.17, 15) is 0 Å². The molecule has 86 heavy (non-hydrogen) atoms. The molecule has 14 heteroatoms. The van der Waals surface area contributed by atoms with E-state index >= 15 is 0 Å². The molecule has 0 saturated carbocycles. The first-order valence-electron chi connectivity index (χ1n) is 28.5. The molecule has 2 N–H and O–H groups in total. The van der Waals surface area contributed by atoms with Gasteiger partial charge in [0.15, 0.2) is 12.6 Å². The summed E-state index contributed by atoms with van der Waals surface area (Å²) in [6, 6.07) is 30.6. The van der Waals surface area contributed by atoms with Crippen molar-refractivity contribution in [2.24, 2.45) is 9.98 Å². The second kappa shape index (κ2) is 36.4. The molecular weight excluding hydrogens is 1130 g/mol. The van der Waals surface area contributed by atoms with Gasteiger partial charge in [-0.05, 0) is 223 Å². The normalized spacial score (nSPS) is 11.2. The SMILES string of the molecule is Cc1cc(C)c(N(Cl)CCN(Cl)c2c(C)cc(C)cc2C)c(C)c1.Cc1cc(C)c(N)c(C)c1.Cc1cc(C)c(N2C=[N+](c3c(C)cc(C)cc3C)CC2)c(C)c1.Cc1cc(C)c(N=CC=Nc2c(C)cc(C)cc2C)c(C)c1.O=CC=O.[B].[Cl-].[H-].[Na+]. The van der Waals surface area contributed by atoms with Crippen LogP contribution < -0.4 is 61.4 Å². The summed E-state index contributed by atoms with van der Waals surface area (Å²) in [4.78, 5) is 29.1. The van der Waals surface area contributed by atoms with Crippen LogP contribution in [0.5, 0.6) is 0 Å². The Labute approximate surface area is 559 Å². The first-order chi connectivity index (χ1) is 39.0. The summed E-state index contributed by atoms with van der Waals surface area (Å²) in [6.07, 6.45) is 6.24. The van der Waals surface area contributed by atoms with E-state index in [-0.39, 0.29) is 64.4 Å². The summed E-state index contributed by atoms with van der Waals surface area (Å²) < 4.78 is 5.96. The molecule has 7 aromatic carbocycles. The van der Waals surface area contributed by atoms with E-state index < -0.39 is 0 Å². The fourth-order valence-electron chi connectivity index (χ4n) is 11.8. The number of nitrogens with zero attached hydrogens (tertiary/aromatic N) is 6. The minimum Gasteiger partial charge on any atom is -1.00 e. The van der Waals surface area contributed by atoms with Crippen LogP contribution in [0.25, 0.3) is 0 Å². The topological polar surface area (TPSA) is 97.6 Å². The summed E-state index contributed by atoms with van der Waals surface area (Å²) >= 11 is 13.1. The molecule has 1 aliphatic heterocycles. The molecule has 7 aromatic rings. The number of anilines is 4. The number of nitrogens with two attached hydrogens (primary N) is 1. The Balaban J connectivity index is 0.00000112. The Morgan fingerprint density at radius 3 is 1.00 bits per heavy atom. The molecule has 9 nitrogen and oxygen atoms in total. The first-order valence-corrected chi connectivity index (χ1v) is 29.2. The van der Waals surface area contributed by atoms with Gasteiger partial charge in [-0.2, -0.15) is 0 Å². The van der Waals surface area contributed by atoms with Gasteiger partial charge in [-0.15, -0.1) is 0 Å². The van der Waals surface area contributed by atoms with Gasteiger partial charge in [0.1, 0.15) is 24.5 Å². The van der Waals surface area contributed by atoms with Crippen molar-refractivity contribution >= 4 is 103 Å². The van der Waals surface area contributed by atoms with Crippen LogP contribution in [0.15, 0.2) is 94.9 Å². The fourth-order valence-corrected chi connectivity index (χ4v) is 12.4. The maximum Gasteiger partial charge on any atom is 1.00 e. The second-order valence-corrected chi connectivity index (χ2v) is 23.6. The fraction of sp³-hybridized carbons (Fsp3) is 0.347. The number of halogens is 3. The van der Waals surface area contributed by atoms with E-state index in [1.807, 2.05) is 13.8 Å². The molecule has 0 spiro atoms. The van der Waals surface area contributed by atoms with Gasteiger partial charge in [0.25, 0.3) is 0 Å². The average molecular weight is 1230 g/mol. The van der Waals surface area contributed by atoms with Crippen molar-refractivity contribution in [2.45, 2.75) is 145 Å². The predicted molar refractivity (Wildman–Crippen MR) is 369 cm³/mol. The van der Waals surface area contributed by atoms with Crippen molar-refractivity contribution in [1.82, 2.24) is 0 Å². The first kappa shape index (κ1) is 78.0. The Kier molecular flexibility index (Phi) is 33.0. The number of benzene rings is 7. The van der Waals surface area contributed by atoms with Crippen molar-refractivity contribution < 1.29 is 57.6 Å². The van der Waals surface area contributed by atoms with Gasteiger partial charge < -0.3 is 19.6 Å². The molecule has 0 fully saturated rings. The molecule has 453 valence electrons. The molecular formula is C72H93BCl3N7NaO2. The monoisotopic (exact) mass is 1230 g/mol. The number of hydrogen-bond acceptors (Lipinski definition) is 8. The average Bonchev–Trinajstić information content (AvgIpc) is 3.63. The Morgan fingerprint density at radius 2 is 0.709 bits per heavy atom. The number of nitrogen functional groups attached to an aromatic ring is 1. The van der Waals surface area contributed by atoms with E-state index in [0.29, 0.717) is 13.1 Å². The van der Waals surface area contributed by atoms with Crippen LogP contribution in [0, 0.1) is 145 Å². The zero-order valence-corrected chi connectivity index (χ0v) is 59.9. The molecule has 0 bridgehead atoms. The van der Waals surface area contributed by atoms with Gasteiger partial charge in [-0.3, -0.25) is 28.4 Å². The summed E-state index contributed by atoms with van der Waals surface area (Å²) in [5.74, 6) is 0. The maximum atomic E-state index is 8.81. The molecule has 1 aliphatic rings. The third-order valence-corrected chi connectivity index (χ3v) is 15.2. The van der Waals surface area contributed by atoms with E-state index in [2.05, 4.69) is 242 Å². The van der Waals surface area contributed by atoms with Gasteiger partial charge in [0.2, 0.25) is 6.34 Å². The number of rotatable bonds is 11. The van der Waals surface area contributed by atoms with E-state index in [4.69, 9.17) is 38.9 Å². The van der Waals surface area contributed by atoms with Crippen LogP contribution in [0.4, 0.5) is 39.8 Å². The van der Waals surface area contributed by atoms with Gasteiger partial charge in [-0.25, -0.2) is 9.48 Å². The van der Waals surface area contributed by atoms with Gasteiger partial charge in [0, 0.05) is 50.1 Å². The predicted octanol–water partition coefficient (Wildman–Crippen LogP) is 11.8. The molecule has 8 rings (SSSR count). The Bertz CT molecular complexity index is 3270. The minimum absolute atomic E-state index is 0. The van der Waals surface area contributed by atoms with Crippen LogP contribution >= 0.6 is 23.6 Å². The molecule has 0 atom stereocenters. The minimum atomic E-state index is 0. The van der Waals surface area contributed by atoms with Crippen molar-refractivity contribution in [3.63, 3.8) is 0 Å². The van der Waals surface area contributed by atoms with Crippen molar-refractivity contribution in [3.05, 3.63) is 202 Å². The van der Waals surface area contributed by atoms with Crippen LogP contribution in [-0.2, 0) is 9.59 Å². The molecule has 0 aromatic heterocycles. The standard InChI is InChI=1S/C21H27N2.C20H26Cl2N2.C20H24N2.C9H13N.C2H2O2.B.ClH.Na.H/c1-14-9-16(3)20(17(4)10-14)22-7-8-23(13-22)21-18(5)11-15(2)12-19(21)6;1-13-9-15(3)19(16(4)10-13)23(21)7-8-24(22)20-17(5)11-14(2)12-18(20)6;1-13-9-15(3)19(16(4)10-13)21-7-8-22-20-17(5)11-14(2)12-18(20)6;1-6-4-7(2)9(10)8(3)5-6;3-1-2-4;;;;/h9-13H,7-8H2,1-6H3;9-12H,7-8H2,1-6H3;7-12H,1-6H3;4-5H,10H2,1-3H3;1-2H;;1H;;/q+1;;;;;;;+1;-1/p-1. The summed E-state index contributed by atoms with van der Waals surface area (Å²) in [5.41, 5.74) is 40.0.